The normalized spacial score (nSPS) is 24.5. The molecule has 2 fully saturated rings. The second-order valence-corrected chi connectivity index (χ2v) is 5.45. The molecule has 0 bridgehead atoms. The predicted octanol–water partition coefficient (Wildman–Crippen LogP) is 0.788. The molecule has 2 rings (SSSR count). The van der Waals surface area contributed by atoms with Crippen LogP contribution in [0.2, 0.25) is 0 Å². The summed E-state index contributed by atoms with van der Waals surface area (Å²) in [5.41, 5.74) is 0. The summed E-state index contributed by atoms with van der Waals surface area (Å²) in [5.74, 6) is 0.490. The van der Waals surface area contributed by atoms with E-state index in [1.54, 1.807) is 0 Å². The van der Waals surface area contributed by atoms with Crippen molar-refractivity contribution < 1.29 is 14.3 Å². The number of carbonyl (C=O) groups is 2. The van der Waals surface area contributed by atoms with Crippen LogP contribution in [0.15, 0.2) is 0 Å². The van der Waals surface area contributed by atoms with Crippen LogP contribution in [0.25, 0.3) is 0 Å². The first-order valence-corrected chi connectivity index (χ1v) is 7.36. The van der Waals surface area contributed by atoms with Gasteiger partial charge in [0.2, 0.25) is 11.8 Å². The van der Waals surface area contributed by atoms with Gasteiger partial charge in [0.25, 0.3) is 0 Å². The molecule has 2 heterocycles. The van der Waals surface area contributed by atoms with E-state index in [-0.39, 0.29) is 23.7 Å². The SMILES string of the molecule is CCCNC(=O)C1CCN(C(=O)C2CCOC2)CC1. The average Bonchev–Trinajstić information content (AvgIpc) is 2.98. The van der Waals surface area contributed by atoms with Crippen LogP contribution in [-0.2, 0) is 14.3 Å². The van der Waals surface area contributed by atoms with Crippen molar-refractivity contribution >= 4 is 11.8 Å². The fourth-order valence-electron chi connectivity index (χ4n) is 2.74. The fraction of sp³-hybridized carbons (Fsp3) is 0.857. The number of hydrogen-bond acceptors (Lipinski definition) is 3. The Morgan fingerprint density at radius 3 is 2.53 bits per heavy atom. The van der Waals surface area contributed by atoms with Crippen molar-refractivity contribution in [2.45, 2.75) is 32.6 Å². The lowest BCUT2D eigenvalue weighted by Gasteiger charge is -2.32. The molecule has 2 amide bonds. The molecule has 19 heavy (non-hydrogen) atoms. The Bertz CT molecular complexity index is 319. The Morgan fingerprint density at radius 2 is 1.95 bits per heavy atom. The first kappa shape index (κ1) is 14.3. The van der Waals surface area contributed by atoms with Gasteiger partial charge in [-0.1, -0.05) is 6.92 Å². The van der Waals surface area contributed by atoms with Crippen LogP contribution in [-0.4, -0.2) is 49.6 Å². The maximum absolute atomic E-state index is 12.2. The number of nitrogens with one attached hydrogen (secondary N) is 1. The third-order valence-electron chi connectivity index (χ3n) is 4.01. The second kappa shape index (κ2) is 6.89. The van der Waals surface area contributed by atoms with Crippen molar-refractivity contribution in [3.05, 3.63) is 0 Å². The van der Waals surface area contributed by atoms with E-state index in [0.717, 1.165) is 32.2 Å². The molecule has 0 saturated carbocycles. The van der Waals surface area contributed by atoms with Crippen molar-refractivity contribution in [3.8, 4) is 0 Å². The third kappa shape index (κ3) is 3.69. The van der Waals surface area contributed by atoms with Gasteiger partial charge in [0.05, 0.1) is 12.5 Å². The van der Waals surface area contributed by atoms with Crippen LogP contribution < -0.4 is 5.32 Å². The molecule has 0 aromatic rings. The van der Waals surface area contributed by atoms with E-state index in [1.807, 2.05) is 11.8 Å². The Hall–Kier alpha value is -1.10. The summed E-state index contributed by atoms with van der Waals surface area (Å²) in [6.07, 6.45) is 3.38. The molecule has 0 radical (unpaired) electrons. The molecule has 2 aliphatic rings. The van der Waals surface area contributed by atoms with Crippen LogP contribution in [0.4, 0.5) is 0 Å². The van der Waals surface area contributed by atoms with E-state index < -0.39 is 0 Å². The molecule has 1 atom stereocenters. The molecule has 0 aromatic carbocycles. The minimum Gasteiger partial charge on any atom is -0.381 e. The zero-order valence-corrected chi connectivity index (χ0v) is 11.7. The predicted molar refractivity (Wildman–Crippen MR) is 71.5 cm³/mol. The summed E-state index contributed by atoms with van der Waals surface area (Å²) in [7, 11) is 0. The van der Waals surface area contributed by atoms with Gasteiger partial charge in [0, 0.05) is 32.2 Å². The van der Waals surface area contributed by atoms with Crippen LogP contribution in [0.1, 0.15) is 32.6 Å². The lowest BCUT2D eigenvalue weighted by molar-refractivity contribution is -0.139. The minimum absolute atomic E-state index is 0.0467. The number of hydrogen-bond donors (Lipinski definition) is 1. The Labute approximate surface area is 114 Å². The summed E-state index contributed by atoms with van der Waals surface area (Å²) >= 11 is 0. The number of likely N-dealkylation sites (tertiary alicyclic amines) is 1. The van der Waals surface area contributed by atoms with Crippen molar-refractivity contribution in [2.75, 3.05) is 32.8 Å². The maximum atomic E-state index is 12.2. The van der Waals surface area contributed by atoms with E-state index in [2.05, 4.69) is 5.32 Å². The van der Waals surface area contributed by atoms with Crippen LogP contribution in [0, 0.1) is 11.8 Å². The summed E-state index contributed by atoms with van der Waals surface area (Å²) in [6.45, 7) is 5.48. The summed E-state index contributed by atoms with van der Waals surface area (Å²) in [5, 5.41) is 2.94. The van der Waals surface area contributed by atoms with Gasteiger partial charge in [0.1, 0.15) is 0 Å². The van der Waals surface area contributed by atoms with Gasteiger partial charge in [-0.2, -0.15) is 0 Å². The molecular weight excluding hydrogens is 244 g/mol. The lowest BCUT2D eigenvalue weighted by atomic mass is 9.94. The molecule has 1 unspecified atom stereocenters. The van der Waals surface area contributed by atoms with E-state index >= 15 is 0 Å². The quantitative estimate of drug-likeness (QED) is 0.820. The van der Waals surface area contributed by atoms with E-state index in [0.29, 0.717) is 26.3 Å². The van der Waals surface area contributed by atoms with Gasteiger partial charge >= 0.3 is 0 Å². The Morgan fingerprint density at radius 1 is 1.21 bits per heavy atom. The Kier molecular flexibility index (Phi) is 5.19. The molecule has 5 heteroatoms. The topological polar surface area (TPSA) is 58.6 Å². The van der Waals surface area contributed by atoms with E-state index in [1.165, 1.54) is 0 Å². The standard InChI is InChI=1S/C14H24N2O3/c1-2-6-15-13(17)11-3-7-16(8-4-11)14(18)12-5-9-19-10-12/h11-12H,2-10H2,1H3,(H,15,17). The van der Waals surface area contributed by atoms with Crippen LogP contribution in [0.5, 0.6) is 0 Å². The maximum Gasteiger partial charge on any atom is 0.228 e. The fourth-order valence-corrected chi connectivity index (χ4v) is 2.74. The number of ether oxygens (including phenoxy) is 1. The zero-order chi connectivity index (χ0) is 13.7. The summed E-state index contributed by atoms with van der Waals surface area (Å²) in [4.78, 5) is 26.0. The van der Waals surface area contributed by atoms with Gasteiger partial charge < -0.3 is 15.0 Å². The van der Waals surface area contributed by atoms with Crippen molar-refractivity contribution in [1.82, 2.24) is 10.2 Å². The molecule has 2 aliphatic heterocycles. The second-order valence-electron chi connectivity index (χ2n) is 5.45. The van der Waals surface area contributed by atoms with Gasteiger partial charge in [-0.3, -0.25) is 9.59 Å². The summed E-state index contributed by atoms with van der Waals surface area (Å²) < 4.78 is 5.26. The highest BCUT2D eigenvalue weighted by Gasteiger charge is 2.32. The molecule has 108 valence electrons. The number of amides is 2. The highest BCUT2D eigenvalue weighted by molar-refractivity contribution is 5.81. The average molecular weight is 268 g/mol. The lowest BCUT2D eigenvalue weighted by Crippen LogP contribution is -2.45. The largest absolute Gasteiger partial charge is 0.381 e. The van der Waals surface area contributed by atoms with Crippen molar-refractivity contribution in [1.29, 1.82) is 0 Å². The van der Waals surface area contributed by atoms with Crippen LogP contribution in [0.3, 0.4) is 0 Å². The molecule has 0 aliphatic carbocycles. The van der Waals surface area contributed by atoms with Gasteiger partial charge in [-0.25, -0.2) is 0 Å². The molecule has 0 spiro atoms. The smallest absolute Gasteiger partial charge is 0.228 e. The van der Waals surface area contributed by atoms with Crippen molar-refractivity contribution in [3.63, 3.8) is 0 Å². The number of piperidine rings is 1. The highest BCUT2D eigenvalue weighted by atomic mass is 16.5. The number of nitrogens with zero attached hydrogens (tertiary/aromatic N) is 1. The van der Waals surface area contributed by atoms with Gasteiger partial charge in [0.15, 0.2) is 0 Å². The third-order valence-corrected chi connectivity index (χ3v) is 4.01. The van der Waals surface area contributed by atoms with Crippen molar-refractivity contribution in [2.24, 2.45) is 11.8 Å². The first-order chi connectivity index (χ1) is 9.22. The molecule has 2 saturated heterocycles. The monoisotopic (exact) mass is 268 g/mol. The number of rotatable bonds is 4. The van der Waals surface area contributed by atoms with Crippen LogP contribution >= 0.6 is 0 Å². The molecule has 0 aromatic heterocycles. The molecular formula is C14H24N2O3. The van der Waals surface area contributed by atoms with Gasteiger partial charge in [-0.05, 0) is 25.7 Å². The van der Waals surface area contributed by atoms with E-state index in [9.17, 15) is 9.59 Å². The Balaban J connectivity index is 1.75. The van der Waals surface area contributed by atoms with E-state index in [4.69, 9.17) is 4.74 Å². The summed E-state index contributed by atoms with van der Waals surface area (Å²) in [6, 6.07) is 0. The first-order valence-electron chi connectivity index (χ1n) is 7.36. The molecule has 1 N–H and O–H groups in total. The zero-order valence-electron chi connectivity index (χ0n) is 11.7. The van der Waals surface area contributed by atoms with Gasteiger partial charge in [-0.15, -0.1) is 0 Å². The highest BCUT2D eigenvalue weighted by Crippen LogP contribution is 2.22. The minimum atomic E-state index is 0.0467. The molecule has 5 nitrogen and oxygen atoms in total. The number of carbonyl (C=O) groups excluding carboxylic acids is 2.